The molecule has 2 aromatic heterocycles. The van der Waals surface area contributed by atoms with Crippen LogP contribution < -0.4 is 5.56 Å². The fourth-order valence-corrected chi connectivity index (χ4v) is 3.54. The number of rotatable bonds is 4. The van der Waals surface area contributed by atoms with Gasteiger partial charge in [0.2, 0.25) is 0 Å². The van der Waals surface area contributed by atoms with Gasteiger partial charge in [0, 0.05) is 39.6 Å². The second-order valence-corrected chi connectivity index (χ2v) is 7.00. The van der Waals surface area contributed by atoms with Crippen LogP contribution in [0.4, 0.5) is 0 Å². The SMILES string of the molecule is CCC(=O)O.O=c1[nH]c2ccc(SCc3ccccc3)cc2c2cc[nH]c12. The van der Waals surface area contributed by atoms with E-state index in [1.54, 1.807) is 18.7 Å². The van der Waals surface area contributed by atoms with Gasteiger partial charge in [-0.3, -0.25) is 9.59 Å². The van der Waals surface area contributed by atoms with Crippen molar-refractivity contribution in [1.29, 1.82) is 0 Å². The highest BCUT2D eigenvalue weighted by Gasteiger charge is 2.07. The standard InChI is InChI=1S/C18H14N2OS.C3H6O2/c21-18-17-14(8-9-19-17)15-10-13(6-7-16(15)20-18)22-11-12-4-2-1-3-5-12;1-2-3(4)5/h1-10,19H,11H2,(H,20,21);2H2,1H3,(H,4,5). The minimum Gasteiger partial charge on any atom is -0.481 e. The maximum Gasteiger partial charge on any atom is 0.303 e. The molecule has 0 radical (unpaired) electrons. The summed E-state index contributed by atoms with van der Waals surface area (Å²) in [6, 6.07) is 18.6. The molecule has 5 nitrogen and oxygen atoms in total. The normalized spacial score (nSPS) is 10.6. The van der Waals surface area contributed by atoms with Crippen molar-refractivity contribution in [1.82, 2.24) is 9.97 Å². The Morgan fingerprint density at radius 1 is 1.07 bits per heavy atom. The van der Waals surface area contributed by atoms with Crippen molar-refractivity contribution < 1.29 is 9.90 Å². The summed E-state index contributed by atoms with van der Waals surface area (Å²) in [7, 11) is 0. The first-order valence-electron chi connectivity index (χ1n) is 8.60. The molecule has 0 unspecified atom stereocenters. The van der Waals surface area contributed by atoms with Crippen LogP contribution in [0, 0.1) is 0 Å². The molecule has 0 fully saturated rings. The van der Waals surface area contributed by atoms with Gasteiger partial charge in [-0.05, 0) is 29.8 Å². The highest BCUT2D eigenvalue weighted by atomic mass is 32.2. The van der Waals surface area contributed by atoms with Crippen LogP contribution in [-0.2, 0) is 10.5 Å². The Kier molecular flexibility index (Phi) is 5.98. The number of nitrogens with one attached hydrogen (secondary N) is 2. The van der Waals surface area contributed by atoms with Crippen molar-refractivity contribution in [2.45, 2.75) is 24.0 Å². The highest BCUT2D eigenvalue weighted by molar-refractivity contribution is 7.98. The van der Waals surface area contributed by atoms with E-state index in [0.717, 1.165) is 22.0 Å². The average molecular weight is 380 g/mol. The summed E-state index contributed by atoms with van der Waals surface area (Å²) in [5.41, 5.74) is 2.75. The number of hydrogen-bond donors (Lipinski definition) is 3. The molecule has 3 N–H and O–H groups in total. The van der Waals surface area contributed by atoms with E-state index >= 15 is 0 Å². The molecule has 2 heterocycles. The number of fused-ring (bicyclic) bond motifs is 3. The van der Waals surface area contributed by atoms with Crippen molar-refractivity contribution in [2.75, 3.05) is 0 Å². The molecule has 0 bridgehead atoms. The van der Waals surface area contributed by atoms with Crippen LogP contribution in [0.1, 0.15) is 18.9 Å². The third kappa shape index (κ3) is 4.60. The molecule has 0 spiro atoms. The average Bonchev–Trinajstić information content (AvgIpc) is 3.19. The van der Waals surface area contributed by atoms with Crippen LogP contribution in [0.15, 0.2) is 70.5 Å². The summed E-state index contributed by atoms with van der Waals surface area (Å²) >= 11 is 1.80. The maximum atomic E-state index is 12.0. The molecule has 6 heteroatoms. The number of carbonyl (C=O) groups is 1. The molecule has 4 rings (SSSR count). The Bertz CT molecular complexity index is 1120. The molecule has 0 saturated heterocycles. The zero-order chi connectivity index (χ0) is 19.2. The lowest BCUT2D eigenvalue weighted by molar-refractivity contribution is -0.136. The van der Waals surface area contributed by atoms with Gasteiger partial charge in [-0.25, -0.2) is 0 Å². The van der Waals surface area contributed by atoms with E-state index in [1.165, 1.54) is 10.5 Å². The largest absolute Gasteiger partial charge is 0.481 e. The molecule has 0 saturated carbocycles. The molecule has 138 valence electrons. The number of aliphatic carboxylic acids is 1. The number of aromatic amines is 2. The fourth-order valence-electron chi connectivity index (χ4n) is 2.65. The van der Waals surface area contributed by atoms with Crippen LogP contribution in [0.5, 0.6) is 0 Å². The van der Waals surface area contributed by atoms with E-state index in [9.17, 15) is 9.59 Å². The predicted octanol–water partition coefficient (Wildman–Crippen LogP) is 4.78. The number of thioether (sulfide) groups is 1. The summed E-state index contributed by atoms with van der Waals surface area (Å²) in [5.74, 6) is 0.191. The smallest absolute Gasteiger partial charge is 0.303 e. The topological polar surface area (TPSA) is 85.9 Å². The van der Waals surface area contributed by atoms with Gasteiger partial charge in [-0.2, -0.15) is 0 Å². The number of H-pyrrole nitrogens is 2. The number of carboxylic acid groups (broad SMARTS) is 1. The van der Waals surface area contributed by atoms with Crippen LogP contribution in [0.3, 0.4) is 0 Å². The molecule has 4 aromatic rings. The zero-order valence-electron chi connectivity index (χ0n) is 14.9. The van der Waals surface area contributed by atoms with E-state index in [-0.39, 0.29) is 12.0 Å². The molecular weight excluding hydrogens is 360 g/mol. The van der Waals surface area contributed by atoms with Crippen LogP contribution >= 0.6 is 11.8 Å². The molecule has 0 aliphatic rings. The molecule has 0 amide bonds. The number of benzene rings is 2. The van der Waals surface area contributed by atoms with E-state index in [1.807, 2.05) is 24.4 Å². The van der Waals surface area contributed by atoms with Gasteiger partial charge in [0.25, 0.3) is 5.56 Å². The van der Waals surface area contributed by atoms with Crippen LogP contribution in [0.25, 0.3) is 21.8 Å². The summed E-state index contributed by atoms with van der Waals surface area (Å²) < 4.78 is 0. The van der Waals surface area contributed by atoms with Crippen molar-refractivity contribution in [3.63, 3.8) is 0 Å². The summed E-state index contributed by atoms with van der Waals surface area (Å²) in [6.07, 6.45) is 2.03. The van der Waals surface area contributed by atoms with Crippen molar-refractivity contribution >= 4 is 39.5 Å². The van der Waals surface area contributed by atoms with E-state index in [0.29, 0.717) is 5.52 Å². The van der Waals surface area contributed by atoms with E-state index in [4.69, 9.17) is 5.11 Å². The molecular formula is C21H20N2O3S. The Morgan fingerprint density at radius 2 is 1.81 bits per heavy atom. The van der Waals surface area contributed by atoms with Crippen molar-refractivity contribution in [3.05, 3.63) is 76.7 Å². The van der Waals surface area contributed by atoms with Gasteiger partial charge < -0.3 is 15.1 Å². The number of hydrogen-bond acceptors (Lipinski definition) is 3. The molecule has 0 aliphatic carbocycles. The second-order valence-electron chi connectivity index (χ2n) is 5.95. The second kappa shape index (κ2) is 8.60. The van der Waals surface area contributed by atoms with Crippen LogP contribution in [-0.4, -0.2) is 21.0 Å². The number of carboxylic acids is 1. The quantitative estimate of drug-likeness (QED) is 0.445. The maximum absolute atomic E-state index is 12.0. The summed E-state index contributed by atoms with van der Waals surface area (Å²) in [6.45, 7) is 1.60. The Balaban J connectivity index is 0.000000376. The Hall–Kier alpha value is -2.99. The monoisotopic (exact) mass is 380 g/mol. The van der Waals surface area contributed by atoms with Crippen molar-refractivity contribution in [2.24, 2.45) is 0 Å². The first kappa shape index (κ1) is 18.8. The molecule has 0 aliphatic heterocycles. The lowest BCUT2D eigenvalue weighted by atomic mass is 10.1. The minimum absolute atomic E-state index is 0.0720. The van der Waals surface area contributed by atoms with Gasteiger partial charge >= 0.3 is 5.97 Å². The molecule has 0 atom stereocenters. The van der Waals surface area contributed by atoms with Gasteiger partial charge in [0.05, 0.1) is 0 Å². The van der Waals surface area contributed by atoms with Gasteiger partial charge in [-0.1, -0.05) is 37.3 Å². The Morgan fingerprint density at radius 3 is 2.52 bits per heavy atom. The molecule has 2 aromatic carbocycles. The van der Waals surface area contributed by atoms with Crippen LogP contribution in [0.2, 0.25) is 0 Å². The third-order valence-corrected chi connectivity index (χ3v) is 5.12. The minimum atomic E-state index is -0.745. The predicted molar refractivity (Wildman–Crippen MR) is 110 cm³/mol. The number of aromatic nitrogens is 2. The molecule has 27 heavy (non-hydrogen) atoms. The van der Waals surface area contributed by atoms with E-state index in [2.05, 4.69) is 46.4 Å². The third-order valence-electron chi connectivity index (χ3n) is 4.05. The lowest BCUT2D eigenvalue weighted by Crippen LogP contribution is -2.05. The summed E-state index contributed by atoms with van der Waals surface area (Å²) in [4.78, 5) is 28.5. The van der Waals surface area contributed by atoms with Crippen molar-refractivity contribution in [3.8, 4) is 0 Å². The fraction of sp³-hybridized carbons (Fsp3) is 0.143. The van der Waals surface area contributed by atoms with Gasteiger partial charge in [-0.15, -0.1) is 11.8 Å². The number of pyridine rings is 1. The first-order chi connectivity index (χ1) is 13.1. The first-order valence-corrected chi connectivity index (χ1v) is 9.58. The van der Waals surface area contributed by atoms with Gasteiger partial charge in [0.15, 0.2) is 0 Å². The summed E-state index contributed by atoms with van der Waals surface area (Å²) in [5, 5.41) is 9.77. The Labute approximate surface area is 160 Å². The highest BCUT2D eigenvalue weighted by Crippen LogP contribution is 2.28. The zero-order valence-corrected chi connectivity index (χ0v) is 15.7. The van der Waals surface area contributed by atoms with Gasteiger partial charge in [0.1, 0.15) is 5.52 Å². The lowest BCUT2D eigenvalue weighted by Gasteiger charge is -2.05. The van der Waals surface area contributed by atoms with E-state index < -0.39 is 5.97 Å².